The Morgan fingerprint density at radius 1 is 1.04 bits per heavy atom. The normalized spacial score (nSPS) is 11.5. The molecule has 0 radical (unpaired) electrons. The van der Waals surface area contributed by atoms with Gasteiger partial charge in [-0.05, 0) is 42.3 Å². The molecular weight excluding hydrogens is 334 g/mol. The minimum atomic E-state index is -0.896. The van der Waals surface area contributed by atoms with Gasteiger partial charge in [0.15, 0.2) is 6.10 Å². The van der Waals surface area contributed by atoms with Gasteiger partial charge in [-0.3, -0.25) is 4.79 Å². The first-order valence-corrected chi connectivity index (χ1v) is 8.23. The molecule has 1 atom stereocenters. The molecule has 0 aromatic heterocycles. The molecule has 1 N–H and O–H groups in total. The van der Waals surface area contributed by atoms with Crippen molar-refractivity contribution in [3.63, 3.8) is 0 Å². The number of methoxy groups -OCH3 is 2. The van der Waals surface area contributed by atoms with Crippen molar-refractivity contribution in [1.82, 2.24) is 5.32 Å². The van der Waals surface area contributed by atoms with Crippen LogP contribution in [-0.4, -0.2) is 32.2 Å². The summed E-state index contributed by atoms with van der Waals surface area (Å²) in [5, 5.41) is 2.75. The van der Waals surface area contributed by atoms with E-state index in [0.717, 1.165) is 16.9 Å². The molecule has 0 fully saturated rings. The van der Waals surface area contributed by atoms with E-state index in [1.54, 1.807) is 39.3 Å². The lowest BCUT2D eigenvalue weighted by molar-refractivity contribution is -0.129. The Bertz CT molecular complexity index is 742. The monoisotopic (exact) mass is 357 g/mol. The Labute approximate surface area is 153 Å². The van der Waals surface area contributed by atoms with E-state index < -0.39 is 12.1 Å². The van der Waals surface area contributed by atoms with Gasteiger partial charge in [-0.2, -0.15) is 0 Å². The Balaban J connectivity index is 1.87. The summed E-state index contributed by atoms with van der Waals surface area (Å²) in [6.45, 7) is 2.29. The van der Waals surface area contributed by atoms with Crippen LogP contribution in [0.2, 0.25) is 0 Å². The van der Waals surface area contributed by atoms with Crippen molar-refractivity contribution in [2.75, 3.05) is 14.2 Å². The van der Waals surface area contributed by atoms with E-state index in [-0.39, 0.29) is 5.91 Å². The fraction of sp³-hybridized carbons (Fsp3) is 0.300. The van der Waals surface area contributed by atoms with Crippen molar-refractivity contribution in [1.29, 1.82) is 0 Å². The molecule has 138 valence electrons. The fourth-order valence-corrected chi connectivity index (χ4v) is 2.31. The van der Waals surface area contributed by atoms with Crippen molar-refractivity contribution in [3.8, 4) is 5.75 Å². The summed E-state index contributed by atoms with van der Waals surface area (Å²) in [4.78, 5) is 24.3. The highest BCUT2D eigenvalue weighted by atomic mass is 16.5. The van der Waals surface area contributed by atoms with Crippen LogP contribution in [0.5, 0.6) is 5.75 Å². The summed E-state index contributed by atoms with van der Waals surface area (Å²) in [6, 6.07) is 14.3. The summed E-state index contributed by atoms with van der Waals surface area (Å²) < 4.78 is 15.4. The highest BCUT2D eigenvalue weighted by Gasteiger charge is 2.18. The van der Waals surface area contributed by atoms with Crippen LogP contribution in [0.25, 0.3) is 0 Å². The lowest BCUT2D eigenvalue weighted by Crippen LogP contribution is -2.35. The standard InChI is InChI=1S/C20H23NO5/c1-14(19(22)21-12-15-7-9-18(25-3)10-8-15)26-20(23)17-6-4-5-16(11-17)13-24-2/h4-11,14H,12-13H2,1-3H3,(H,21,22)/t14-/m1/s1. The number of ether oxygens (including phenoxy) is 3. The van der Waals surface area contributed by atoms with Crippen molar-refractivity contribution < 1.29 is 23.8 Å². The summed E-state index contributed by atoms with van der Waals surface area (Å²) in [7, 11) is 3.18. The predicted octanol–water partition coefficient (Wildman–Crippen LogP) is 2.70. The molecule has 1 amide bonds. The minimum absolute atomic E-state index is 0.341. The van der Waals surface area contributed by atoms with Crippen molar-refractivity contribution in [2.24, 2.45) is 0 Å². The molecule has 0 aliphatic rings. The maximum atomic E-state index is 12.2. The molecule has 0 spiro atoms. The first-order valence-electron chi connectivity index (χ1n) is 8.23. The Kier molecular flexibility index (Phi) is 7.17. The molecule has 0 saturated heterocycles. The van der Waals surface area contributed by atoms with Gasteiger partial charge in [0.2, 0.25) is 0 Å². The smallest absolute Gasteiger partial charge is 0.338 e. The SMILES string of the molecule is COCc1cccc(C(=O)O[C@H](C)C(=O)NCc2ccc(OC)cc2)c1. The van der Waals surface area contributed by atoms with Crippen molar-refractivity contribution in [2.45, 2.75) is 26.2 Å². The lowest BCUT2D eigenvalue weighted by atomic mass is 10.1. The molecule has 0 unspecified atom stereocenters. The molecular formula is C20H23NO5. The van der Waals surface area contributed by atoms with Gasteiger partial charge in [0.1, 0.15) is 5.75 Å². The Morgan fingerprint density at radius 3 is 2.42 bits per heavy atom. The first kappa shape index (κ1) is 19.5. The highest BCUT2D eigenvalue weighted by Crippen LogP contribution is 2.12. The van der Waals surface area contributed by atoms with Gasteiger partial charge in [0, 0.05) is 13.7 Å². The van der Waals surface area contributed by atoms with E-state index in [2.05, 4.69) is 5.32 Å². The lowest BCUT2D eigenvalue weighted by Gasteiger charge is -2.14. The van der Waals surface area contributed by atoms with E-state index in [9.17, 15) is 9.59 Å². The third kappa shape index (κ3) is 5.60. The molecule has 2 rings (SSSR count). The van der Waals surface area contributed by atoms with Crippen LogP contribution in [0.3, 0.4) is 0 Å². The quantitative estimate of drug-likeness (QED) is 0.736. The van der Waals surface area contributed by atoms with Gasteiger partial charge in [-0.1, -0.05) is 24.3 Å². The van der Waals surface area contributed by atoms with E-state index in [1.165, 1.54) is 0 Å². The van der Waals surface area contributed by atoms with Gasteiger partial charge in [0.05, 0.1) is 19.3 Å². The van der Waals surface area contributed by atoms with Gasteiger partial charge in [-0.15, -0.1) is 0 Å². The van der Waals surface area contributed by atoms with Crippen LogP contribution in [0.4, 0.5) is 0 Å². The number of carbonyl (C=O) groups excluding carboxylic acids is 2. The van der Waals surface area contributed by atoms with Crippen LogP contribution in [0.15, 0.2) is 48.5 Å². The van der Waals surface area contributed by atoms with Crippen LogP contribution in [-0.2, 0) is 27.4 Å². The van der Waals surface area contributed by atoms with Gasteiger partial charge in [0.25, 0.3) is 5.91 Å². The summed E-state index contributed by atoms with van der Waals surface area (Å²) in [6.07, 6.45) is -0.896. The van der Waals surface area contributed by atoms with E-state index >= 15 is 0 Å². The predicted molar refractivity (Wildman–Crippen MR) is 96.9 cm³/mol. The van der Waals surface area contributed by atoms with Crippen LogP contribution in [0, 0.1) is 0 Å². The summed E-state index contributed by atoms with van der Waals surface area (Å²) in [5.74, 6) is -0.157. The number of nitrogens with one attached hydrogen (secondary N) is 1. The third-order valence-electron chi connectivity index (χ3n) is 3.75. The molecule has 0 aliphatic carbocycles. The van der Waals surface area contributed by atoms with Crippen LogP contribution >= 0.6 is 0 Å². The molecule has 2 aromatic rings. The number of benzene rings is 2. The minimum Gasteiger partial charge on any atom is -0.497 e. The van der Waals surface area contributed by atoms with Gasteiger partial charge in [-0.25, -0.2) is 4.79 Å². The molecule has 0 aliphatic heterocycles. The number of amides is 1. The van der Waals surface area contributed by atoms with Crippen molar-refractivity contribution in [3.05, 3.63) is 65.2 Å². The molecule has 0 saturated carbocycles. The fourth-order valence-electron chi connectivity index (χ4n) is 2.31. The zero-order valence-corrected chi connectivity index (χ0v) is 15.2. The molecule has 6 heteroatoms. The third-order valence-corrected chi connectivity index (χ3v) is 3.75. The summed E-state index contributed by atoms with van der Waals surface area (Å²) in [5.41, 5.74) is 2.16. The molecule has 6 nitrogen and oxygen atoms in total. The van der Waals surface area contributed by atoms with Crippen LogP contribution in [0.1, 0.15) is 28.4 Å². The second-order valence-corrected chi connectivity index (χ2v) is 5.75. The maximum absolute atomic E-state index is 12.2. The zero-order valence-electron chi connectivity index (χ0n) is 15.2. The van der Waals surface area contributed by atoms with Gasteiger partial charge < -0.3 is 19.5 Å². The number of hydrogen-bond acceptors (Lipinski definition) is 5. The Morgan fingerprint density at radius 2 is 1.77 bits per heavy atom. The van der Waals surface area contributed by atoms with Crippen LogP contribution < -0.4 is 10.1 Å². The topological polar surface area (TPSA) is 73.9 Å². The Hall–Kier alpha value is -2.86. The van der Waals surface area contributed by atoms with E-state index in [1.807, 2.05) is 30.3 Å². The zero-order chi connectivity index (χ0) is 18.9. The molecule has 26 heavy (non-hydrogen) atoms. The average Bonchev–Trinajstić information content (AvgIpc) is 2.66. The number of rotatable bonds is 8. The second-order valence-electron chi connectivity index (χ2n) is 5.75. The average molecular weight is 357 g/mol. The molecule has 0 bridgehead atoms. The van der Waals surface area contributed by atoms with Gasteiger partial charge >= 0.3 is 5.97 Å². The number of carbonyl (C=O) groups is 2. The van der Waals surface area contributed by atoms with Crippen molar-refractivity contribution >= 4 is 11.9 Å². The van der Waals surface area contributed by atoms with E-state index in [0.29, 0.717) is 18.7 Å². The maximum Gasteiger partial charge on any atom is 0.338 e. The molecule has 0 heterocycles. The highest BCUT2D eigenvalue weighted by molar-refractivity contribution is 5.92. The first-order chi connectivity index (χ1) is 12.5. The number of hydrogen-bond donors (Lipinski definition) is 1. The van der Waals surface area contributed by atoms with E-state index in [4.69, 9.17) is 14.2 Å². The summed E-state index contributed by atoms with van der Waals surface area (Å²) >= 11 is 0. The largest absolute Gasteiger partial charge is 0.497 e. The second kappa shape index (κ2) is 9.58. The molecule has 2 aromatic carbocycles. The number of esters is 1.